The largest absolute Gasteiger partial charge is 0.493 e. The van der Waals surface area contributed by atoms with Gasteiger partial charge < -0.3 is 15.2 Å². The van der Waals surface area contributed by atoms with Crippen LogP contribution in [-0.4, -0.2) is 26.4 Å². The highest BCUT2D eigenvalue weighted by Crippen LogP contribution is 2.17. The second kappa shape index (κ2) is 5.87. The third kappa shape index (κ3) is 3.22. The van der Waals surface area contributed by atoms with Crippen LogP contribution < -0.4 is 10.5 Å². The van der Waals surface area contributed by atoms with E-state index in [-0.39, 0.29) is 0 Å². The molecule has 16 heavy (non-hydrogen) atoms. The minimum atomic E-state index is 0.554. The average Bonchev–Trinajstić information content (AvgIpc) is 2.80. The molecule has 1 fully saturated rings. The highest BCUT2D eigenvalue weighted by Gasteiger charge is 2.16. The number of hydrogen-bond acceptors (Lipinski definition) is 3. The lowest BCUT2D eigenvalue weighted by Crippen LogP contribution is -2.11. The second-order valence-corrected chi connectivity index (χ2v) is 4.23. The van der Waals surface area contributed by atoms with Crippen LogP contribution in [-0.2, 0) is 11.2 Å². The summed E-state index contributed by atoms with van der Waals surface area (Å²) < 4.78 is 11.1. The molecule has 0 spiro atoms. The minimum absolute atomic E-state index is 0.554. The van der Waals surface area contributed by atoms with Crippen LogP contribution in [0.15, 0.2) is 24.3 Å². The van der Waals surface area contributed by atoms with Crippen LogP contribution in [0.5, 0.6) is 5.75 Å². The molecule has 88 valence electrons. The van der Waals surface area contributed by atoms with Gasteiger partial charge in [-0.1, -0.05) is 12.1 Å². The van der Waals surface area contributed by atoms with Crippen LogP contribution in [0.2, 0.25) is 0 Å². The van der Waals surface area contributed by atoms with E-state index >= 15 is 0 Å². The third-order valence-electron chi connectivity index (χ3n) is 2.84. The number of benzene rings is 1. The standard InChI is InChI=1S/C13H19NO2/c14-6-4-11-2-1-3-13(8-11)16-10-12-5-7-15-9-12/h1-3,8,12H,4-7,9-10,14H2. The lowest BCUT2D eigenvalue weighted by Gasteiger charge is -2.11. The summed E-state index contributed by atoms with van der Waals surface area (Å²) in [7, 11) is 0. The van der Waals surface area contributed by atoms with Gasteiger partial charge in [0.05, 0.1) is 13.2 Å². The van der Waals surface area contributed by atoms with E-state index in [4.69, 9.17) is 15.2 Å². The maximum absolute atomic E-state index is 5.76. The van der Waals surface area contributed by atoms with E-state index in [0.29, 0.717) is 12.5 Å². The lowest BCUT2D eigenvalue weighted by molar-refractivity contribution is 0.167. The van der Waals surface area contributed by atoms with Gasteiger partial charge in [-0.25, -0.2) is 0 Å². The average molecular weight is 221 g/mol. The number of nitrogens with two attached hydrogens (primary N) is 1. The molecule has 1 unspecified atom stereocenters. The van der Waals surface area contributed by atoms with Gasteiger partial charge in [0, 0.05) is 12.5 Å². The predicted molar refractivity (Wildman–Crippen MR) is 63.6 cm³/mol. The zero-order valence-corrected chi connectivity index (χ0v) is 9.52. The zero-order valence-electron chi connectivity index (χ0n) is 9.52. The molecule has 3 nitrogen and oxygen atoms in total. The summed E-state index contributed by atoms with van der Waals surface area (Å²) in [5, 5.41) is 0. The molecule has 0 radical (unpaired) electrons. The maximum atomic E-state index is 5.76. The molecule has 1 saturated heterocycles. The van der Waals surface area contributed by atoms with Crippen molar-refractivity contribution in [2.24, 2.45) is 11.7 Å². The molecule has 3 heteroatoms. The van der Waals surface area contributed by atoms with Crippen LogP contribution in [0.1, 0.15) is 12.0 Å². The molecule has 1 aliphatic heterocycles. The first-order valence-electron chi connectivity index (χ1n) is 5.88. The molecule has 0 aromatic heterocycles. The van der Waals surface area contributed by atoms with E-state index in [1.807, 2.05) is 12.1 Å². The van der Waals surface area contributed by atoms with Crippen LogP contribution in [0.4, 0.5) is 0 Å². The molecule has 0 aliphatic carbocycles. The third-order valence-corrected chi connectivity index (χ3v) is 2.84. The van der Waals surface area contributed by atoms with Gasteiger partial charge in [-0.3, -0.25) is 0 Å². The molecule has 1 heterocycles. The molecular formula is C13H19NO2. The molecule has 1 aromatic carbocycles. The highest BCUT2D eigenvalue weighted by molar-refractivity contribution is 5.28. The second-order valence-electron chi connectivity index (χ2n) is 4.23. The summed E-state index contributed by atoms with van der Waals surface area (Å²) in [4.78, 5) is 0. The Kier molecular flexibility index (Phi) is 4.19. The maximum Gasteiger partial charge on any atom is 0.119 e. The summed E-state index contributed by atoms with van der Waals surface area (Å²) in [6, 6.07) is 8.17. The van der Waals surface area contributed by atoms with Crippen LogP contribution in [0, 0.1) is 5.92 Å². The van der Waals surface area contributed by atoms with Gasteiger partial charge in [0.25, 0.3) is 0 Å². The van der Waals surface area contributed by atoms with Crippen LogP contribution >= 0.6 is 0 Å². The van der Waals surface area contributed by atoms with Crippen molar-refractivity contribution in [1.29, 1.82) is 0 Å². The van der Waals surface area contributed by atoms with E-state index in [1.54, 1.807) is 0 Å². The topological polar surface area (TPSA) is 44.5 Å². The fourth-order valence-electron chi connectivity index (χ4n) is 1.89. The van der Waals surface area contributed by atoms with E-state index < -0.39 is 0 Å². The summed E-state index contributed by atoms with van der Waals surface area (Å²) >= 11 is 0. The van der Waals surface area contributed by atoms with Crippen molar-refractivity contribution < 1.29 is 9.47 Å². The van der Waals surface area contributed by atoms with Crippen molar-refractivity contribution in [2.75, 3.05) is 26.4 Å². The van der Waals surface area contributed by atoms with Gasteiger partial charge in [-0.05, 0) is 37.1 Å². The van der Waals surface area contributed by atoms with Crippen molar-refractivity contribution in [1.82, 2.24) is 0 Å². The van der Waals surface area contributed by atoms with Gasteiger partial charge in [-0.2, -0.15) is 0 Å². The Bertz CT molecular complexity index is 321. The Morgan fingerprint density at radius 1 is 1.44 bits per heavy atom. The Morgan fingerprint density at radius 2 is 2.38 bits per heavy atom. The van der Waals surface area contributed by atoms with E-state index in [1.165, 1.54) is 5.56 Å². The Balaban J connectivity index is 1.85. The monoisotopic (exact) mass is 221 g/mol. The first kappa shape index (κ1) is 11.4. The molecule has 1 aliphatic rings. The number of rotatable bonds is 5. The van der Waals surface area contributed by atoms with Gasteiger partial charge >= 0.3 is 0 Å². The Morgan fingerprint density at radius 3 is 3.12 bits per heavy atom. The molecule has 1 aromatic rings. The smallest absolute Gasteiger partial charge is 0.119 e. The summed E-state index contributed by atoms with van der Waals surface area (Å²) in [5.74, 6) is 1.50. The van der Waals surface area contributed by atoms with Gasteiger partial charge in [0.1, 0.15) is 5.75 Å². The summed E-state index contributed by atoms with van der Waals surface area (Å²) in [5.41, 5.74) is 6.77. The van der Waals surface area contributed by atoms with Crippen molar-refractivity contribution in [3.8, 4) is 5.75 Å². The Hall–Kier alpha value is -1.06. The van der Waals surface area contributed by atoms with Gasteiger partial charge in [0.2, 0.25) is 0 Å². The normalized spacial score (nSPS) is 19.9. The fourth-order valence-corrected chi connectivity index (χ4v) is 1.89. The van der Waals surface area contributed by atoms with Crippen molar-refractivity contribution >= 4 is 0 Å². The SMILES string of the molecule is NCCc1cccc(OCC2CCOC2)c1. The quantitative estimate of drug-likeness (QED) is 0.821. The molecule has 0 amide bonds. The van der Waals surface area contributed by atoms with Crippen molar-refractivity contribution in [2.45, 2.75) is 12.8 Å². The Labute approximate surface area is 96.5 Å². The molecular weight excluding hydrogens is 202 g/mol. The van der Waals surface area contributed by atoms with Crippen LogP contribution in [0.25, 0.3) is 0 Å². The number of ether oxygens (including phenoxy) is 2. The summed E-state index contributed by atoms with van der Waals surface area (Å²) in [6.07, 6.45) is 2.02. The molecule has 0 bridgehead atoms. The van der Waals surface area contributed by atoms with Crippen LogP contribution in [0.3, 0.4) is 0 Å². The molecule has 2 N–H and O–H groups in total. The van der Waals surface area contributed by atoms with Gasteiger partial charge in [-0.15, -0.1) is 0 Å². The highest BCUT2D eigenvalue weighted by atomic mass is 16.5. The van der Waals surface area contributed by atoms with Crippen molar-refractivity contribution in [3.05, 3.63) is 29.8 Å². The van der Waals surface area contributed by atoms with E-state index in [0.717, 1.165) is 38.4 Å². The first-order chi connectivity index (χ1) is 7.88. The van der Waals surface area contributed by atoms with E-state index in [2.05, 4.69) is 12.1 Å². The minimum Gasteiger partial charge on any atom is -0.493 e. The van der Waals surface area contributed by atoms with E-state index in [9.17, 15) is 0 Å². The fraction of sp³-hybridized carbons (Fsp3) is 0.538. The van der Waals surface area contributed by atoms with Gasteiger partial charge in [0.15, 0.2) is 0 Å². The zero-order chi connectivity index (χ0) is 11.2. The molecule has 0 saturated carbocycles. The summed E-state index contributed by atoms with van der Waals surface area (Å²) in [6.45, 7) is 3.15. The van der Waals surface area contributed by atoms with Crippen molar-refractivity contribution in [3.63, 3.8) is 0 Å². The predicted octanol–water partition coefficient (Wildman–Crippen LogP) is 1.60. The molecule has 2 rings (SSSR count). The molecule has 1 atom stereocenters. The number of hydrogen-bond donors (Lipinski definition) is 1. The lowest BCUT2D eigenvalue weighted by atomic mass is 10.1. The first-order valence-corrected chi connectivity index (χ1v) is 5.88.